The van der Waals surface area contributed by atoms with Gasteiger partial charge in [-0.2, -0.15) is 0 Å². The van der Waals surface area contributed by atoms with Gasteiger partial charge in [0.2, 0.25) is 0 Å². The Morgan fingerprint density at radius 1 is 1.17 bits per heavy atom. The van der Waals surface area contributed by atoms with E-state index in [1.807, 2.05) is 49.4 Å². The Hall–Kier alpha value is -2.09. The summed E-state index contributed by atoms with van der Waals surface area (Å²) in [6, 6.07) is 14.1. The SMILES string of the molecule is C=C(CC)C(=O)OCc1cccc2ccccc12. The Morgan fingerprint density at radius 2 is 1.89 bits per heavy atom. The lowest BCUT2D eigenvalue weighted by molar-refractivity contribution is -0.140. The number of hydrogen-bond acceptors (Lipinski definition) is 2. The smallest absolute Gasteiger partial charge is 0.333 e. The van der Waals surface area contributed by atoms with E-state index in [1.54, 1.807) is 0 Å². The largest absolute Gasteiger partial charge is 0.457 e. The van der Waals surface area contributed by atoms with E-state index in [0.717, 1.165) is 16.3 Å². The molecule has 0 radical (unpaired) electrons. The number of ether oxygens (including phenoxy) is 1. The third kappa shape index (κ3) is 2.59. The summed E-state index contributed by atoms with van der Waals surface area (Å²) >= 11 is 0. The first kappa shape index (κ1) is 12.4. The third-order valence-corrected chi connectivity index (χ3v) is 2.95. The van der Waals surface area contributed by atoms with E-state index < -0.39 is 0 Å². The van der Waals surface area contributed by atoms with Crippen LogP contribution in [0.2, 0.25) is 0 Å². The first-order valence-corrected chi connectivity index (χ1v) is 6.04. The standard InChI is InChI=1S/C16H16O2/c1-3-12(2)16(17)18-11-14-9-6-8-13-7-4-5-10-15(13)14/h4-10H,2-3,11H2,1H3. The molecule has 2 aromatic rings. The van der Waals surface area contributed by atoms with Crippen LogP contribution in [0, 0.1) is 0 Å². The van der Waals surface area contributed by atoms with Crippen LogP contribution in [0.25, 0.3) is 10.8 Å². The molecule has 0 amide bonds. The molecule has 0 fully saturated rings. The molecule has 0 unspecified atom stereocenters. The number of carbonyl (C=O) groups is 1. The lowest BCUT2D eigenvalue weighted by Gasteiger charge is -2.08. The minimum absolute atomic E-state index is 0.291. The molecule has 2 nitrogen and oxygen atoms in total. The van der Waals surface area contributed by atoms with Gasteiger partial charge in [0.15, 0.2) is 0 Å². The summed E-state index contributed by atoms with van der Waals surface area (Å²) in [5.74, 6) is -0.314. The lowest BCUT2D eigenvalue weighted by Crippen LogP contribution is -2.06. The minimum atomic E-state index is -0.314. The van der Waals surface area contributed by atoms with Crippen molar-refractivity contribution in [3.05, 3.63) is 60.2 Å². The van der Waals surface area contributed by atoms with Crippen LogP contribution in [-0.2, 0) is 16.1 Å². The normalized spacial score (nSPS) is 10.3. The number of carbonyl (C=O) groups excluding carboxylic acids is 1. The molecule has 0 aliphatic carbocycles. The molecule has 0 spiro atoms. The van der Waals surface area contributed by atoms with Gasteiger partial charge in [0, 0.05) is 5.57 Å². The quantitative estimate of drug-likeness (QED) is 0.599. The fourth-order valence-electron chi connectivity index (χ4n) is 1.81. The van der Waals surface area contributed by atoms with Crippen molar-refractivity contribution < 1.29 is 9.53 Å². The van der Waals surface area contributed by atoms with Crippen LogP contribution in [-0.4, -0.2) is 5.97 Å². The number of benzene rings is 2. The van der Waals surface area contributed by atoms with Crippen LogP contribution in [0.5, 0.6) is 0 Å². The topological polar surface area (TPSA) is 26.3 Å². The second kappa shape index (κ2) is 5.50. The van der Waals surface area contributed by atoms with Crippen molar-refractivity contribution in [2.24, 2.45) is 0 Å². The molecular formula is C16H16O2. The highest BCUT2D eigenvalue weighted by Gasteiger charge is 2.07. The van der Waals surface area contributed by atoms with E-state index in [2.05, 4.69) is 6.58 Å². The molecule has 0 aromatic heterocycles. The van der Waals surface area contributed by atoms with E-state index in [0.29, 0.717) is 18.6 Å². The molecule has 18 heavy (non-hydrogen) atoms. The highest BCUT2D eigenvalue weighted by molar-refractivity contribution is 5.88. The molecular weight excluding hydrogens is 224 g/mol. The molecule has 0 saturated heterocycles. The summed E-state index contributed by atoms with van der Waals surface area (Å²) in [5.41, 5.74) is 1.53. The molecule has 0 aliphatic heterocycles. The van der Waals surface area contributed by atoms with Crippen LogP contribution in [0.4, 0.5) is 0 Å². The zero-order valence-corrected chi connectivity index (χ0v) is 10.5. The van der Waals surface area contributed by atoms with Crippen LogP contribution < -0.4 is 0 Å². The summed E-state index contributed by atoms with van der Waals surface area (Å²) in [7, 11) is 0. The number of rotatable bonds is 4. The van der Waals surface area contributed by atoms with Crippen molar-refractivity contribution in [3.63, 3.8) is 0 Å². The van der Waals surface area contributed by atoms with Gasteiger partial charge < -0.3 is 4.74 Å². The van der Waals surface area contributed by atoms with Crippen LogP contribution in [0.1, 0.15) is 18.9 Å². The molecule has 0 atom stereocenters. The molecule has 0 N–H and O–H groups in total. The molecule has 0 heterocycles. The Morgan fingerprint density at radius 3 is 2.67 bits per heavy atom. The predicted molar refractivity (Wildman–Crippen MR) is 73.2 cm³/mol. The van der Waals surface area contributed by atoms with E-state index in [4.69, 9.17) is 4.74 Å². The summed E-state index contributed by atoms with van der Waals surface area (Å²) < 4.78 is 5.25. The number of fused-ring (bicyclic) bond motifs is 1. The maximum absolute atomic E-state index is 11.6. The lowest BCUT2D eigenvalue weighted by atomic mass is 10.1. The Kier molecular flexibility index (Phi) is 3.78. The molecule has 2 rings (SSSR count). The Labute approximate surface area is 107 Å². The third-order valence-electron chi connectivity index (χ3n) is 2.95. The fourth-order valence-corrected chi connectivity index (χ4v) is 1.81. The van der Waals surface area contributed by atoms with Crippen LogP contribution in [0.15, 0.2) is 54.6 Å². The molecule has 92 valence electrons. The van der Waals surface area contributed by atoms with Gasteiger partial charge in [-0.25, -0.2) is 4.79 Å². The Balaban J connectivity index is 2.17. The van der Waals surface area contributed by atoms with Gasteiger partial charge in [-0.05, 0) is 22.8 Å². The fraction of sp³-hybridized carbons (Fsp3) is 0.188. The van der Waals surface area contributed by atoms with Crippen molar-refractivity contribution >= 4 is 16.7 Å². The van der Waals surface area contributed by atoms with Crippen LogP contribution >= 0.6 is 0 Å². The highest BCUT2D eigenvalue weighted by atomic mass is 16.5. The van der Waals surface area contributed by atoms with Gasteiger partial charge in [-0.1, -0.05) is 56.0 Å². The van der Waals surface area contributed by atoms with Crippen molar-refractivity contribution in [1.29, 1.82) is 0 Å². The predicted octanol–water partition coefficient (Wildman–Crippen LogP) is 3.85. The Bertz CT molecular complexity index is 579. The summed E-state index contributed by atoms with van der Waals surface area (Å²) in [5, 5.41) is 2.27. The van der Waals surface area contributed by atoms with Crippen molar-refractivity contribution in [3.8, 4) is 0 Å². The monoisotopic (exact) mass is 240 g/mol. The first-order valence-electron chi connectivity index (χ1n) is 6.04. The number of hydrogen-bond donors (Lipinski definition) is 0. The van der Waals surface area contributed by atoms with Gasteiger partial charge in [-0.3, -0.25) is 0 Å². The second-order valence-electron chi connectivity index (χ2n) is 4.17. The van der Waals surface area contributed by atoms with Gasteiger partial charge in [-0.15, -0.1) is 0 Å². The summed E-state index contributed by atoms with van der Waals surface area (Å²) in [6.45, 7) is 5.85. The van der Waals surface area contributed by atoms with E-state index in [-0.39, 0.29) is 5.97 Å². The van der Waals surface area contributed by atoms with Crippen molar-refractivity contribution in [2.45, 2.75) is 20.0 Å². The molecule has 2 heteroatoms. The van der Waals surface area contributed by atoms with E-state index in [9.17, 15) is 4.79 Å². The second-order valence-corrected chi connectivity index (χ2v) is 4.17. The zero-order valence-electron chi connectivity index (χ0n) is 10.5. The van der Waals surface area contributed by atoms with Crippen molar-refractivity contribution in [2.75, 3.05) is 0 Å². The average Bonchev–Trinajstić information content (AvgIpc) is 2.43. The van der Waals surface area contributed by atoms with Crippen LogP contribution in [0.3, 0.4) is 0 Å². The molecule has 2 aromatic carbocycles. The molecule has 0 aliphatic rings. The molecule has 0 saturated carbocycles. The maximum Gasteiger partial charge on any atom is 0.333 e. The first-order chi connectivity index (χ1) is 8.72. The highest BCUT2D eigenvalue weighted by Crippen LogP contribution is 2.19. The van der Waals surface area contributed by atoms with E-state index >= 15 is 0 Å². The van der Waals surface area contributed by atoms with Gasteiger partial charge in [0.25, 0.3) is 0 Å². The van der Waals surface area contributed by atoms with E-state index in [1.165, 1.54) is 0 Å². The van der Waals surface area contributed by atoms with Gasteiger partial charge in [0.1, 0.15) is 6.61 Å². The summed E-state index contributed by atoms with van der Waals surface area (Å²) in [4.78, 5) is 11.6. The van der Waals surface area contributed by atoms with Crippen molar-refractivity contribution in [1.82, 2.24) is 0 Å². The average molecular weight is 240 g/mol. The maximum atomic E-state index is 11.6. The van der Waals surface area contributed by atoms with Gasteiger partial charge >= 0.3 is 5.97 Å². The van der Waals surface area contributed by atoms with Gasteiger partial charge in [0.05, 0.1) is 0 Å². The zero-order chi connectivity index (χ0) is 13.0. The number of esters is 1. The minimum Gasteiger partial charge on any atom is -0.457 e. The summed E-state index contributed by atoms with van der Waals surface area (Å²) in [6.07, 6.45) is 0.619. The molecule has 0 bridgehead atoms.